The summed E-state index contributed by atoms with van der Waals surface area (Å²) >= 11 is 5.87. The van der Waals surface area contributed by atoms with Crippen LogP contribution in [0.15, 0.2) is 36.4 Å². The number of hydrogen-bond acceptors (Lipinski definition) is 2. The van der Waals surface area contributed by atoms with Crippen LogP contribution in [0, 0.1) is 11.6 Å². The summed E-state index contributed by atoms with van der Waals surface area (Å²) in [5.41, 5.74) is 1.01. The highest BCUT2D eigenvalue weighted by Gasteiger charge is 2.35. The second-order valence-electron chi connectivity index (χ2n) is 4.63. The maximum atomic E-state index is 13.2. The van der Waals surface area contributed by atoms with E-state index in [9.17, 15) is 18.4 Å². The molecule has 3 rings (SSSR count). The number of nitrogens with zero attached hydrogens (tertiary/aromatic N) is 1. The number of hydrogen-bond donors (Lipinski definition) is 0. The standard InChI is InChI=1S/C15H8ClF2NO2/c16-9-2-3-10-13(6-9)19(15(21)14(10)20)7-8-1-4-11(17)12(18)5-8/h1-6H,7H2. The molecule has 1 amide bonds. The van der Waals surface area contributed by atoms with E-state index in [1.165, 1.54) is 29.2 Å². The lowest BCUT2D eigenvalue weighted by Gasteiger charge is -2.16. The summed E-state index contributed by atoms with van der Waals surface area (Å²) in [6.07, 6.45) is 0. The predicted octanol–water partition coefficient (Wildman–Crippen LogP) is 3.35. The van der Waals surface area contributed by atoms with Gasteiger partial charge < -0.3 is 4.90 Å². The molecule has 3 nitrogen and oxygen atoms in total. The van der Waals surface area contributed by atoms with Gasteiger partial charge >= 0.3 is 0 Å². The minimum absolute atomic E-state index is 0.0326. The van der Waals surface area contributed by atoms with Crippen LogP contribution in [-0.4, -0.2) is 11.7 Å². The van der Waals surface area contributed by atoms with Crippen LogP contribution < -0.4 is 4.90 Å². The molecule has 0 aromatic heterocycles. The van der Waals surface area contributed by atoms with E-state index < -0.39 is 23.3 Å². The zero-order valence-electron chi connectivity index (χ0n) is 10.6. The SMILES string of the molecule is O=C1C(=O)N(Cc2ccc(F)c(F)c2)c2cc(Cl)ccc21. The topological polar surface area (TPSA) is 37.4 Å². The lowest BCUT2D eigenvalue weighted by atomic mass is 10.1. The zero-order valence-corrected chi connectivity index (χ0v) is 11.3. The molecule has 0 radical (unpaired) electrons. The third kappa shape index (κ3) is 2.29. The van der Waals surface area contributed by atoms with Crippen molar-refractivity contribution >= 4 is 29.0 Å². The molecule has 0 aliphatic carbocycles. The van der Waals surface area contributed by atoms with Crippen LogP contribution in [0.25, 0.3) is 0 Å². The van der Waals surface area contributed by atoms with E-state index in [1.54, 1.807) is 0 Å². The van der Waals surface area contributed by atoms with E-state index in [0.29, 0.717) is 16.3 Å². The average Bonchev–Trinajstić information content (AvgIpc) is 2.68. The van der Waals surface area contributed by atoms with Crippen LogP contribution >= 0.6 is 11.6 Å². The molecule has 0 N–H and O–H groups in total. The Kier molecular flexibility index (Phi) is 3.22. The number of halogens is 3. The number of rotatable bonds is 2. The van der Waals surface area contributed by atoms with Crippen molar-refractivity contribution in [1.82, 2.24) is 0 Å². The second-order valence-corrected chi connectivity index (χ2v) is 5.07. The van der Waals surface area contributed by atoms with Gasteiger partial charge in [0.05, 0.1) is 17.8 Å². The highest BCUT2D eigenvalue weighted by Crippen LogP contribution is 2.32. The number of anilines is 1. The maximum absolute atomic E-state index is 13.2. The smallest absolute Gasteiger partial charge is 0.299 e. The molecule has 106 valence electrons. The van der Waals surface area contributed by atoms with Crippen LogP contribution in [0.2, 0.25) is 5.02 Å². The number of Topliss-reactive ketones (excluding diaryl/α,β-unsaturated/α-hetero) is 1. The fraction of sp³-hybridized carbons (Fsp3) is 0.0667. The summed E-state index contributed by atoms with van der Waals surface area (Å²) < 4.78 is 26.1. The first-order valence-electron chi connectivity index (χ1n) is 6.07. The average molecular weight is 308 g/mol. The summed E-state index contributed by atoms with van der Waals surface area (Å²) in [6, 6.07) is 7.83. The van der Waals surface area contributed by atoms with Crippen LogP contribution in [0.5, 0.6) is 0 Å². The van der Waals surface area contributed by atoms with Gasteiger partial charge in [-0.05, 0) is 35.9 Å². The van der Waals surface area contributed by atoms with Gasteiger partial charge in [0.25, 0.3) is 11.7 Å². The highest BCUT2D eigenvalue weighted by molar-refractivity contribution is 6.52. The maximum Gasteiger partial charge on any atom is 0.299 e. The van der Waals surface area contributed by atoms with Crippen molar-refractivity contribution in [2.24, 2.45) is 0 Å². The Morgan fingerprint density at radius 1 is 1.00 bits per heavy atom. The second kappa shape index (κ2) is 4.93. The van der Waals surface area contributed by atoms with Gasteiger partial charge in [-0.15, -0.1) is 0 Å². The molecular formula is C15H8ClF2NO2. The van der Waals surface area contributed by atoms with Crippen molar-refractivity contribution in [3.05, 3.63) is 64.2 Å². The van der Waals surface area contributed by atoms with E-state index in [-0.39, 0.29) is 12.1 Å². The summed E-state index contributed by atoms with van der Waals surface area (Å²) in [5, 5.41) is 0.381. The Labute approximate surface area is 123 Å². The number of amides is 1. The monoisotopic (exact) mass is 307 g/mol. The largest absolute Gasteiger partial charge is 0.300 e. The van der Waals surface area contributed by atoms with Crippen molar-refractivity contribution in [2.45, 2.75) is 6.54 Å². The molecule has 1 heterocycles. The first-order chi connectivity index (χ1) is 9.97. The molecule has 0 fully saturated rings. The summed E-state index contributed by atoms with van der Waals surface area (Å²) in [4.78, 5) is 25.1. The molecule has 0 saturated carbocycles. The Morgan fingerprint density at radius 2 is 1.76 bits per heavy atom. The quantitative estimate of drug-likeness (QED) is 0.798. The molecule has 1 aliphatic rings. The lowest BCUT2D eigenvalue weighted by molar-refractivity contribution is -0.114. The van der Waals surface area contributed by atoms with Crippen molar-refractivity contribution in [3.63, 3.8) is 0 Å². The van der Waals surface area contributed by atoms with Gasteiger partial charge in [0.2, 0.25) is 0 Å². The van der Waals surface area contributed by atoms with Crippen LogP contribution in [0.1, 0.15) is 15.9 Å². The molecule has 0 bridgehead atoms. The van der Waals surface area contributed by atoms with Crippen LogP contribution in [-0.2, 0) is 11.3 Å². The number of benzene rings is 2. The number of ketones is 1. The highest BCUT2D eigenvalue weighted by atomic mass is 35.5. The Morgan fingerprint density at radius 3 is 2.48 bits per heavy atom. The van der Waals surface area contributed by atoms with Crippen molar-refractivity contribution < 1.29 is 18.4 Å². The van der Waals surface area contributed by atoms with E-state index in [0.717, 1.165) is 12.1 Å². The van der Waals surface area contributed by atoms with E-state index >= 15 is 0 Å². The van der Waals surface area contributed by atoms with Gasteiger partial charge in [0.15, 0.2) is 11.6 Å². The zero-order chi connectivity index (χ0) is 15.1. The minimum Gasteiger partial charge on any atom is -0.300 e. The minimum atomic E-state index is -1.00. The normalized spacial score (nSPS) is 13.8. The summed E-state index contributed by atoms with van der Waals surface area (Å²) in [6.45, 7) is -0.0326. The molecule has 21 heavy (non-hydrogen) atoms. The summed E-state index contributed by atoms with van der Waals surface area (Å²) in [5.74, 6) is -3.32. The van der Waals surface area contributed by atoms with E-state index in [2.05, 4.69) is 0 Å². The molecule has 1 aliphatic heterocycles. The van der Waals surface area contributed by atoms with Gasteiger partial charge in [-0.3, -0.25) is 9.59 Å². The van der Waals surface area contributed by atoms with E-state index in [1.807, 2.05) is 0 Å². The van der Waals surface area contributed by atoms with Gasteiger partial charge in [-0.1, -0.05) is 17.7 Å². The molecule has 0 unspecified atom stereocenters. The fourth-order valence-corrected chi connectivity index (χ4v) is 2.41. The molecular weight excluding hydrogens is 300 g/mol. The molecule has 0 atom stereocenters. The lowest BCUT2D eigenvalue weighted by Crippen LogP contribution is -2.29. The Hall–Kier alpha value is -2.27. The van der Waals surface area contributed by atoms with Crippen molar-refractivity contribution in [2.75, 3.05) is 4.90 Å². The van der Waals surface area contributed by atoms with Gasteiger partial charge in [0.1, 0.15) is 0 Å². The van der Waals surface area contributed by atoms with Crippen LogP contribution in [0.4, 0.5) is 14.5 Å². The molecule has 2 aromatic rings. The number of carbonyl (C=O) groups excluding carboxylic acids is 2. The fourth-order valence-electron chi connectivity index (χ4n) is 2.24. The Balaban J connectivity index is 1.99. The number of fused-ring (bicyclic) bond motifs is 1. The van der Waals surface area contributed by atoms with Crippen molar-refractivity contribution in [3.8, 4) is 0 Å². The third-order valence-electron chi connectivity index (χ3n) is 3.26. The summed E-state index contributed by atoms with van der Waals surface area (Å²) in [7, 11) is 0. The predicted molar refractivity (Wildman–Crippen MR) is 73.3 cm³/mol. The first-order valence-corrected chi connectivity index (χ1v) is 6.45. The molecule has 0 spiro atoms. The van der Waals surface area contributed by atoms with Crippen LogP contribution in [0.3, 0.4) is 0 Å². The van der Waals surface area contributed by atoms with Crippen molar-refractivity contribution in [1.29, 1.82) is 0 Å². The number of carbonyl (C=O) groups is 2. The molecule has 0 saturated heterocycles. The van der Waals surface area contributed by atoms with Gasteiger partial charge in [0, 0.05) is 5.02 Å². The third-order valence-corrected chi connectivity index (χ3v) is 3.49. The Bertz CT molecular complexity index is 776. The van der Waals surface area contributed by atoms with Gasteiger partial charge in [-0.25, -0.2) is 8.78 Å². The van der Waals surface area contributed by atoms with E-state index in [4.69, 9.17) is 11.6 Å². The molecule has 6 heteroatoms. The molecule has 2 aromatic carbocycles. The first kappa shape index (κ1) is 13.7. The van der Waals surface area contributed by atoms with Gasteiger partial charge in [-0.2, -0.15) is 0 Å².